The van der Waals surface area contributed by atoms with Crippen LogP contribution in [0, 0.1) is 23.7 Å². The predicted octanol–water partition coefficient (Wildman–Crippen LogP) is 3.90. The van der Waals surface area contributed by atoms with Crippen molar-refractivity contribution >= 4 is 18.9 Å². The van der Waals surface area contributed by atoms with Crippen LogP contribution < -0.4 is 5.46 Å². The van der Waals surface area contributed by atoms with E-state index in [1.54, 1.807) is 11.1 Å². The molecular weight excluding hydrogens is 275 g/mol. The lowest BCUT2D eigenvalue weighted by atomic mass is 9.71. The fourth-order valence-electron chi connectivity index (χ4n) is 4.68. The molecule has 4 aliphatic carbocycles. The molecule has 0 aliphatic heterocycles. The summed E-state index contributed by atoms with van der Waals surface area (Å²) >= 11 is 0. The van der Waals surface area contributed by atoms with Crippen LogP contribution in [0.15, 0.2) is 90.1 Å². The SMILES string of the molecule is [B]c1cccc(C2=CC=C3C4C=CC=CC4C4=CC=CC2C43)c1. The van der Waals surface area contributed by atoms with Crippen molar-refractivity contribution in [3.05, 3.63) is 95.7 Å². The third-order valence-electron chi connectivity index (χ3n) is 5.62. The maximum absolute atomic E-state index is 6.01. The zero-order chi connectivity index (χ0) is 15.4. The summed E-state index contributed by atoms with van der Waals surface area (Å²) < 4.78 is 0. The summed E-state index contributed by atoms with van der Waals surface area (Å²) in [6.07, 6.45) is 20.7. The second kappa shape index (κ2) is 4.86. The van der Waals surface area contributed by atoms with Gasteiger partial charge >= 0.3 is 0 Å². The lowest BCUT2D eigenvalue weighted by Crippen LogP contribution is -2.21. The molecule has 1 aromatic carbocycles. The minimum atomic E-state index is 0.434. The molecule has 4 aliphatic rings. The molecule has 4 unspecified atom stereocenters. The standard InChI is InChI=1S/C22H17B/c23-15-6-3-5-14(13-15)16-11-12-21-18-8-2-1-7-17(18)20-10-4-9-19(16)22(20)21/h1-13,17-19,22H. The predicted molar refractivity (Wildman–Crippen MR) is 97.4 cm³/mol. The van der Waals surface area contributed by atoms with E-state index in [4.69, 9.17) is 7.85 Å². The zero-order valence-electron chi connectivity index (χ0n) is 12.9. The van der Waals surface area contributed by atoms with Crippen LogP contribution in [-0.4, -0.2) is 7.85 Å². The second-order valence-electron chi connectivity index (χ2n) is 6.79. The Balaban J connectivity index is 1.65. The maximum Gasteiger partial charge on any atom is 0.113 e. The van der Waals surface area contributed by atoms with Crippen molar-refractivity contribution in [2.75, 3.05) is 0 Å². The average molecular weight is 292 g/mol. The number of rotatable bonds is 1. The van der Waals surface area contributed by atoms with E-state index in [1.165, 1.54) is 11.1 Å². The van der Waals surface area contributed by atoms with Crippen molar-refractivity contribution in [3.8, 4) is 0 Å². The Morgan fingerprint density at radius 2 is 1.48 bits per heavy atom. The first-order valence-electron chi connectivity index (χ1n) is 8.34. The summed E-state index contributed by atoms with van der Waals surface area (Å²) in [5.74, 6) is 2.03. The molecule has 0 saturated heterocycles. The molecule has 1 fully saturated rings. The molecule has 0 heterocycles. The third-order valence-corrected chi connectivity index (χ3v) is 5.62. The number of allylic oxidation sites excluding steroid dienone is 12. The molecule has 0 aromatic heterocycles. The van der Waals surface area contributed by atoms with Gasteiger partial charge in [-0.05, 0) is 11.1 Å². The minimum absolute atomic E-state index is 0.434. The van der Waals surface area contributed by atoms with Crippen LogP contribution in [0.4, 0.5) is 0 Å². The van der Waals surface area contributed by atoms with Crippen molar-refractivity contribution in [2.45, 2.75) is 0 Å². The molecule has 0 N–H and O–H groups in total. The Hall–Kier alpha value is -2.28. The van der Waals surface area contributed by atoms with Gasteiger partial charge in [-0.3, -0.25) is 0 Å². The molecule has 0 nitrogen and oxygen atoms in total. The molecule has 23 heavy (non-hydrogen) atoms. The Morgan fingerprint density at radius 1 is 0.739 bits per heavy atom. The van der Waals surface area contributed by atoms with Gasteiger partial charge in [0.1, 0.15) is 7.85 Å². The van der Waals surface area contributed by atoms with E-state index in [0.29, 0.717) is 23.7 Å². The summed E-state index contributed by atoms with van der Waals surface area (Å²) in [4.78, 5) is 0. The maximum atomic E-state index is 6.01. The van der Waals surface area contributed by atoms with Gasteiger partial charge in [-0.2, -0.15) is 0 Å². The number of hydrogen-bond donors (Lipinski definition) is 0. The van der Waals surface area contributed by atoms with Crippen molar-refractivity contribution < 1.29 is 0 Å². The fourth-order valence-corrected chi connectivity index (χ4v) is 4.68. The van der Waals surface area contributed by atoms with Gasteiger partial charge in [0.2, 0.25) is 0 Å². The van der Waals surface area contributed by atoms with Crippen LogP contribution in [0.25, 0.3) is 5.57 Å². The molecule has 4 atom stereocenters. The average Bonchev–Trinajstić information content (AvgIpc) is 2.92. The van der Waals surface area contributed by atoms with Crippen LogP contribution in [0.2, 0.25) is 0 Å². The molecule has 5 rings (SSSR count). The highest BCUT2D eigenvalue weighted by Gasteiger charge is 2.46. The number of fused-ring (bicyclic) bond motifs is 3. The van der Waals surface area contributed by atoms with E-state index in [-0.39, 0.29) is 0 Å². The number of hydrogen-bond acceptors (Lipinski definition) is 0. The van der Waals surface area contributed by atoms with E-state index in [0.717, 1.165) is 5.46 Å². The molecule has 0 amide bonds. The van der Waals surface area contributed by atoms with Crippen LogP contribution in [-0.2, 0) is 0 Å². The van der Waals surface area contributed by atoms with Crippen molar-refractivity contribution in [1.29, 1.82) is 0 Å². The number of benzene rings is 1. The fraction of sp³-hybridized carbons (Fsp3) is 0.182. The van der Waals surface area contributed by atoms with Crippen LogP contribution in [0.1, 0.15) is 5.56 Å². The summed E-state index contributed by atoms with van der Waals surface area (Å²) in [6.45, 7) is 0. The second-order valence-corrected chi connectivity index (χ2v) is 6.79. The molecule has 1 saturated carbocycles. The van der Waals surface area contributed by atoms with Crippen LogP contribution in [0.5, 0.6) is 0 Å². The zero-order valence-corrected chi connectivity index (χ0v) is 12.9. The molecule has 1 aromatic rings. The van der Waals surface area contributed by atoms with Crippen molar-refractivity contribution in [3.63, 3.8) is 0 Å². The lowest BCUT2D eigenvalue weighted by molar-refractivity contribution is 0.623. The summed E-state index contributed by atoms with van der Waals surface area (Å²) in [7, 11) is 6.01. The first kappa shape index (κ1) is 13.2. The highest BCUT2D eigenvalue weighted by atomic mass is 14.5. The Kier molecular flexibility index (Phi) is 2.79. The van der Waals surface area contributed by atoms with Crippen molar-refractivity contribution in [1.82, 2.24) is 0 Å². The molecule has 2 radical (unpaired) electrons. The monoisotopic (exact) mass is 292 g/mol. The molecular formula is C22H17B. The summed E-state index contributed by atoms with van der Waals surface area (Å²) in [5, 5.41) is 0. The quantitative estimate of drug-likeness (QED) is 0.689. The highest BCUT2D eigenvalue weighted by Crippen LogP contribution is 2.56. The van der Waals surface area contributed by atoms with Crippen LogP contribution in [0.3, 0.4) is 0 Å². The van der Waals surface area contributed by atoms with E-state index >= 15 is 0 Å². The third kappa shape index (κ3) is 1.86. The van der Waals surface area contributed by atoms with Gasteiger partial charge in [0.15, 0.2) is 0 Å². The van der Waals surface area contributed by atoms with E-state index in [2.05, 4.69) is 66.8 Å². The summed E-state index contributed by atoms with van der Waals surface area (Å²) in [5.41, 5.74) is 6.61. The van der Waals surface area contributed by atoms with E-state index < -0.39 is 0 Å². The molecule has 0 bridgehead atoms. The first-order valence-corrected chi connectivity index (χ1v) is 8.34. The van der Waals surface area contributed by atoms with Crippen molar-refractivity contribution in [2.24, 2.45) is 23.7 Å². The van der Waals surface area contributed by atoms with Gasteiger partial charge in [0.25, 0.3) is 0 Å². The highest BCUT2D eigenvalue weighted by molar-refractivity contribution is 6.32. The van der Waals surface area contributed by atoms with E-state index in [1.807, 2.05) is 12.1 Å². The smallest absolute Gasteiger partial charge is 0.0961 e. The topological polar surface area (TPSA) is 0 Å². The van der Waals surface area contributed by atoms with Crippen LogP contribution >= 0.6 is 0 Å². The van der Waals surface area contributed by atoms with Gasteiger partial charge in [-0.1, -0.05) is 95.6 Å². The normalized spacial score (nSPS) is 32.8. The van der Waals surface area contributed by atoms with Gasteiger partial charge in [-0.15, -0.1) is 0 Å². The molecule has 108 valence electrons. The largest absolute Gasteiger partial charge is 0.113 e. The first-order chi connectivity index (χ1) is 11.3. The van der Waals surface area contributed by atoms with Gasteiger partial charge < -0.3 is 0 Å². The van der Waals surface area contributed by atoms with Gasteiger partial charge in [0.05, 0.1) is 0 Å². The summed E-state index contributed by atoms with van der Waals surface area (Å²) in [6, 6.07) is 8.27. The lowest BCUT2D eigenvalue weighted by Gasteiger charge is -2.32. The molecule has 0 spiro atoms. The van der Waals surface area contributed by atoms with Gasteiger partial charge in [-0.25, -0.2) is 0 Å². The van der Waals surface area contributed by atoms with E-state index in [9.17, 15) is 0 Å². The minimum Gasteiger partial charge on any atom is -0.0961 e. The Morgan fingerprint density at radius 3 is 2.26 bits per heavy atom. The Labute approximate surface area is 138 Å². The molecule has 1 heteroatoms. The Bertz CT molecular complexity index is 860. The van der Waals surface area contributed by atoms with Gasteiger partial charge in [0, 0.05) is 23.7 Å².